The van der Waals surface area contributed by atoms with E-state index in [1.54, 1.807) is 12.1 Å². The minimum atomic E-state index is -0.566. The third-order valence-electron chi connectivity index (χ3n) is 8.84. The fourth-order valence-corrected chi connectivity index (χ4v) is 7.63. The van der Waals surface area contributed by atoms with Gasteiger partial charge in [-0.3, -0.25) is 24.1 Å². The minimum Gasteiger partial charge on any atom is -0.504 e. The van der Waals surface area contributed by atoms with E-state index in [-0.39, 0.29) is 57.7 Å². The number of phenolic OH excluding ortho intramolecular Hbond substituents is 1. The van der Waals surface area contributed by atoms with Gasteiger partial charge in [-0.25, -0.2) is 0 Å². The standard InChI is InChI=1S/C29H28BrNO6/c1-37-23-11-14(7-10-21(23)32)24-16-8-9-17-25(29(36)31(28(17)35)15-5-3-2-4-6-15)18(16)12-19-26(24)22(33)13-20(30)27(19)34/h7-8,10-11,13,15,17-18,24-25,32H,2-6,9,12H2,1H3. The summed E-state index contributed by atoms with van der Waals surface area (Å²) in [6.07, 6.45) is 8.85. The number of amides is 2. The molecule has 7 nitrogen and oxygen atoms in total. The highest BCUT2D eigenvalue weighted by Crippen LogP contribution is 2.56. The number of Topliss-reactive ketones (excluding diaryl/α,β-unsaturated/α-hetero) is 1. The average molecular weight is 566 g/mol. The van der Waals surface area contributed by atoms with E-state index in [0.29, 0.717) is 23.1 Å². The smallest absolute Gasteiger partial charge is 0.233 e. The SMILES string of the molecule is COc1cc(C2C3=CCC4C(=O)N(C5CCCCC5)C(=O)C4C3CC3=C2C(=O)C=C(Br)C3=O)ccc1O. The van der Waals surface area contributed by atoms with E-state index in [9.17, 15) is 24.3 Å². The van der Waals surface area contributed by atoms with Gasteiger partial charge in [0.05, 0.1) is 23.4 Å². The summed E-state index contributed by atoms with van der Waals surface area (Å²) < 4.78 is 5.54. The van der Waals surface area contributed by atoms with Crippen molar-refractivity contribution in [3.8, 4) is 11.5 Å². The summed E-state index contributed by atoms with van der Waals surface area (Å²) >= 11 is 3.25. The van der Waals surface area contributed by atoms with E-state index in [1.807, 2.05) is 6.08 Å². The summed E-state index contributed by atoms with van der Waals surface area (Å²) in [5, 5.41) is 10.2. The van der Waals surface area contributed by atoms with E-state index in [0.717, 1.165) is 37.7 Å². The van der Waals surface area contributed by atoms with Crippen molar-refractivity contribution in [3.63, 3.8) is 0 Å². The lowest BCUT2D eigenvalue weighted by Gasteiger charge is -2.42. The van der Waals surface area contributed by atoms with Crippen LogP contribution in [0.2, 0.25) is 0 Å². The van der Waals surface area contributed by atoms with Gasteiger partial charge in [0.1, 0.15) is 0 Å². The maximum absolute atomic E-state index is 13.9. The maximum Gasteiger partial charge on any atom is 0.233 e. The van der Waals surface area contributed by atoms with Crippen molar-refractivity contribution in [2.75, 3.05) is 7.11 Å². The number of rotatable bonds is 3. The first-order valence-electron chi connectivity index (χ1n) is 12.9. The van der Waals surface area contributed by atoms with Crippen LogP contribution < -0.4 is 4.74 Å². The Balaban J connectivity index is 1.47. The number of phenols is 1. The highest BCUT2D eigenvalue weighted by atomic mass is 79.9. The van der Waals surface area contributed by atoms with E-state index >= 15 is 0 Å². The molecule has 2 fully saturated rings. The number of carbonyl (C=O) groups excluding carboxylic acids is 4. The zero-order valence-electron chi connectivity index (χ0n) is 20.5. The van der Waals surface area contributed by atoms with Crippen LogP contribution in [0.4, 0.5) is 0 Å². The number of halogens is 1. The summed E-state index contributed by atoms with van der Waals surface area (Å²) in [6, 6.07) is 4.87. The molecule has 1 aliphatic heterocycles. The number of methoxy groups -OCH3 is 1. The first kappa shape index (κ1) is 24.3. The molecule has 4 unspecified atom stereocenters. The zero-order valence-corrected chi connectivity index (χ0v) is 22.1. The fourth-order valence-electron chi connectivity index (χ4n) is 7.18. The van der Waals surface area contributed by atoms with Crippen molar-refractivity contribution in [3.05, 3.63) is 57.1 Å². The molecule has 1 N–H and O–H groups in total. The molecule has 2 amide bonds. The molecule has 37 heavy (non-hydrogen) atoms. The van der Waals surface area contributed by atoms with Gasteiger partial charge in [0.2, 0.25) is 11.8 Å². The molecular formula is C29H28BrNO6. The molecule has 0 radical (unpaired) electrons. The molecule has 6 rings (SSSR count). The normalized spacial score (nSPS) is 30.1. The minimum absolute atomic E-state index is 0.0288. The van der Waals surface area contributed by atoms with Crippen LogP contribution in [0.25, 0.3) is 0 Å². The number of imide groups is 1. The Morgan fingerprint density at radius 3 is 2.51 bits per heavy atom. The third kappa shape index (κ3) is 3.67. The molecule has 192 valence electrons. The second kappa shape index (κ2) is 9.08. The van der Waals surface area contributed by atoms with Crippen LogP contribution in [0.3, 0.4) is 0 Å². The number of allylic oxidation sites excluding steroid dienone is 6. The Morgan fingerprint density at radius 1 is 1.03 bits per heavy atom. The summed E-state index contributed by atoms with van der Waals surface area (Å²) in [4.78, 5) is 55.6. The van der Waals surface area contributed by atoms with E-state index in [4.69, 9.17) is 4.74 Å². The van der Waals surface area contributed by atoms with Crippen molar-refractivity contribution in [2.45, 2.75) is 56.9 Å². The predicted octanol–water partition coefficient (Wildman–Crippen LogP) is 4.50. The number of carbonyl (C=O) groups is 4. The first-order valence-corrected chi connectivity index (χ1v) is 13.7. The van der Waals surface area contributed by atoms with E-state index in [2.05, 4.69) is 15.9 Å². The van der Waals surface area contributed by atoms with Crippen LogP contribution in [-0.4, -0.2) is 46.5 Å². The zero-order chi connectivity index (χ0) is 26.0. The number of aromatic hydroxyl groups is 1. The van der Waals surface area contributed by atoms with Gasteiger partial charge >= 0.3 is 0 Å². The third-order valence-corrected chi connectivity index (χ3v) is 9.43. The first-order chi connectivity index (χ1) is 17.8. The molecule has 1 saturated heterocycles. The van der Waals surface area contributed by atoms with Crippen molar-refractivity contribution in [2.24, 2.45) is 17.8 Å². The number of benzene rings is 1. The Labute approximate surface area is 223 Å². The van der Waals surface area contributed by atoms with Crippen LogP contribution in [0.1, 0.15) is 56.4 Å². The highest BCUT2D eigenvalue weighted by Gasteiger charge is 2.57. The summed E-state index contributed by atoms with van der Waals surface area (Å²) in [5.74, 6) is -2.40. The lowest BCUT2D eigenvalue weighted by Crippen LogP contribution is -2.43. The molecule has 1 aromatic carbocycles. The molecular weight excluding hydrogens is 538 g/mol. The molecule has 4 atom stereocenters. The monoisotopic (exact) mass is 565 g/mol. The van der Waals surface area contributed by atoms with E-state index in [1.165, 1.54) is 24.2 Å². The van der Waals surface area contributed by atoms with Gasteiger partial charge in [0.25, 0.3) is 0 Å². The van der Waals surface area contributed by atoms with Gasteiger partial charge in [-0.2, -0.15) is 0 Å². The molecule has 8 heteroatoms. The number of hydrogen-bond donors (Lipinski definition) is 1. The predicted molar refractivity (Wildman–Crippen MR) is 138 cm³/mol. The van der Waals surface area contributed by atoms with Gasteiger partial charge in [-0.05, 0) is 65.2 Å². The second-order valence-corrected chi connectivity index (χ2v) is 11.5. The number of hydrogen-bond acceptors (Lipinski definition) is 6. The van der Waals surface area contributed by atoms with Crippen LogP contribution in [-0.2, 0) is 19.2 Å². The number of likely N-dealkylation sites (tertiary alicyclic amines) is 1. The van der Waals surface area contributed by atoms with Gasteiger partial charge in [0, 0.05) is 29.2 Å². The van der Waals surface area contributed by atoms with Crippen molar-refractivity contribution < 1.29 is 29.0 Å². The Kier molecular flexibility index (Phi) is 5.97. The molecule has 5 aliphatic rings. The van der Waals surface area contributed by atoms with Crippen LogP contribution >= 0.6 is 15.9 Å². The maximum atomic E-state index is 13.9. The molecule has 0 bridgehead atoms. The van der Waals surface area contributed by atoms with Crippen molar-refractivity contribution in [1.82, 2.24) is 4.90 Å². The van der Waals surface area contributed by atoms with Crippen molar-refractivity contribution in [1.29, 1.82) is 0 Å². The number of ketones is 2. The summed E-state index contributed by atoms with van der Waals surface area (Å²) in [7, 11) is 1.45. The lowest BCUT2D eigenvalue weighted by atomic mass is 9.59. The molecule has 0 spiro atoms. The Hall–Kier alpha value is -3.00. The van der Waals surface area contributed by atoms with Crippen LogP contribution in [0.15, 0.2) is 51.6 Å². The van der Waals surface area contributed by atoms with Gasteiger partial charge in [-0.1, -0.05) is 37.0 Å². The van der Waals surface area contributed by atoms with Gasteiger partial charge in [-0.15, -0.1) is 0 Å². The summed E-state index contributed by atoms with van der Waals surface area (Å²) in [5.41, 5.74) is 2.40. The van der Waals surface area contributed by atoms with Gasteiger partial charge < -0.3 is 9.84 Å². The number of fused-ring (bicyclic) bond motifs is 3. The van der Waals surface area contributed by atoms with Gasteiger partial charge in [0.15, 0.2) is 23.1 Å². The topological polar surface area (TPSA) is 101 Å². The Bertz CT molecular complexity index is 1330. The number of nitrogens with zero attached hydrogens (tertiary/aromatic N) is 1. The molecule has 1 heterocycles. The number of ether oxygens (including phenoxy) is 1. The molecule has 1 saturated carbocycles. The fraction of sp³-hybridized carbons (Fsp3) is 0.448. The average Bonchev–Trinajstić information content (AvgIpc) is 3.16. The van der Waals surface area contributed by atoms with Crippen molar-refractivity contribution >= 4 is 39.3 Å². The quantitative estimate of drug-likeness (QED) is 0.329. The summed E-state index contributed by atoms with van der Waals surface area (Å²) in [6.45, 7) is 0. The largest absolute Gasteiger partial charge is 0.504 e. The Morgan fingerprint density at radius 2 is 1.78 bits per heavy atom. The lowest BCUT2D eigenvalue weighted by molar-refractivity contribution is -0.143. The highest BCUT2D eigenvalue weighted by molar-refractivity contribution is 9.12. The van der Waals surface area contributed by atoms with Crippen LogP contribution in [0.5, 0.6) is 11.5 Å². The molecule has 0 aromatic heterocycles. The van der Waals surface area contributed by atoms with Crippen LogP contribution in [0, 0.1) is 17.8 Å². The van der Waals surface area contributed by atoms with E-state index < -0.39 is 17.8 Å². The second-order valence-electron chi connectivity index (χ2n) is 10.7. The molecule has 4 aliphatic carbocycles. The molecule has 1 aromatic rings.